The highest BCUT2D eigenvalue weighted by molar-refractivity contribution is 7.15. The van der Waals surface area contributed by atoms with Gasteiger partial charge in [-0.2, -0.15) is 0 Å². The molecule has 0 radical (unpaired) electrons. The van der Waals surface area contributed by atoms with Crippen molar-refractivity contribution in [1.82, 2.24) is 9.38 Å². The number of thiazole rings is 1. The molecule has 0 atom stereocenters. The number of halogens is 3. The SMILES string of the molecule is O=CCc1csc2nc(-c3c(F)cccc3F)c(Nc3ccc(F)cc3)n12. The van der Waals surface area contributed by atoms with Crippen LogP contribution in [-0.2, 0) is 11.2 Å². The van der Waals surface area contributed by atoms with Crippen LogP contribution < -0.4 is 5.32 Å². The third-order valence-corrected chi connectivity index (χ3v) is 4.91. The molecule has 0 aliphatic heterocycles. The Morgan fingerprint density at radius 1 is 1.07 bits per heavy atom. The van der Waals surface area contributed by atoms with Crippen LogP contribution in [0.4, 0.5) is 24.7 Å². The summed E-state index contributed by atoms with van der Waals surface area (Å²) in [4.78, 5) is 15.8. The van der Waals surface area contributed by atoms with Gasteiger partial charge in [-0.3, -0.25) is 4.40 Å². The molecule has 0 aliphatic rings. The summed E-state index contributed by atoms with van der Waals surface area (Å²) in [6.45, 7) is 0. The van der Waals surface area contributed by atoms with Gasteiger partial charge in [0.15, 0.2) is 4.96 Å². The number of rotatable bonds is 5. The minimum Gasteiger partial charge on any atom is -0.339 e. The molecule has 8 heteroatoms. The maximum absolute atomic E-state index is 14.4. The average Bonchev–Trinajstić information content (AvgIpc) is 3.18. The molecule has 0 unspecified atom stereocenters. The van der Waals surface area contributed by atoms with E-state index in [1.807, 2.05) is 0 Å². The molecule has 2 aromatic heterocycles. The van der Waals surface area contributed by atoms with Crippen molar-refractivity contribution in [2.75, 3.05) is 5.32 Å². The minimum atomic E-state index is -0.750. The largest absolute Gasteiger partial charge is 0.339 e. The standard InChI is InChI=1S/C19H12F3N3OS/c20-11-4-6-12(7-5-11)23-18-17(16-14(21)2-1-3-15(16)22)24-19-25(18)13(8-9-26)10-27-19/h1-7,9-10,23H,8H2. The molecule has 0 fully saturated rings. The molecule has 0 spiro atoms. The van der Waals surface area contributed by atoms with E-state index in [9.17, 15) is 18.0 Å². The molecule has 27 heavy (non-hydrogen) atoms. The van der Waals surface area contributed by atoms with Crippen molar-refractivity contribution in [3.05, 3.63) is 71.0 Å². The second kappa shape index (κ2) is 6.88. The number of aromatic nitrogens is 2. The summed E-state index contributed by atoms with van der Waals surface area (Å²) in [6.07, 6.45) is 0.861. The van der Waals surface area contributed by atoms with E-state index in [2.05, 4.69) is 10.3 Å². The van der Waals surface area contributed by atoms with Crippen molar-refractivity contribution in [3.63, 3.8) is 0 Å². The molecule has 2 aromatic carbocycles. The van der Waals surface area contributed by atoms with Crippen LogP contribution in [-0.4, -0.2) is 15.7 Å². The number of benzene rings is 2. The Hall–Kier alpha value is -3.13. The second-order valence-corrected chi connectivity index (χ2v) is 6.59. The fourth-order valence-electron chi connectivity index (χ4n) is 2.83. The number of aldehydes is 1. The number of imidazole rings is 1. The van der Waals surface area contributed by atoms with Crippen LogP contribution in [0.15, 0.2) is 47.8 Å². The smallest absolute Gasteiger partial charge is 0.196 e. The number of anilines is 2. The van der Waals surface area contributed by atoms with E-state index in [1.165, 1.54) is 41.7 Å². The van der Waals surface area contributed by atoms with E-state index in [1.54, 1.807) is 9.78 Å². The van der Waals surface area contributed by atoms with E-state index < -0.39 is 17.5 Å². The van der Waals surface area contributed by atoms with Crippen LogP contribution in [0.1, 0.15) is 5.69 Å². The van der Waals surface area contributed by atoms with Crippen LogP contribution in [0.25, 0.3) is 16.2 Å². The number of hydrogen-bond acceptors (Lipinski definition) is 4. The molecule has 4 nitrogen and oxygen atoms in total. The van der Waals surface area contributed by atoms with Gasteiger partial charge in [-0.05, 0) is 36.4 Å². The molecule has 0 saturated carbocycles. The molecule has 1 N–H and O–H groups in total. The van der Waals surface area contributed by atoms with Gasteiger partial charge >= 0.3 is 0 Å². The van der Waals surface area contributed by atoms with E-state index in [0.717, 1.165) is 18.4 Å². The van der Waals surface area contributed by atoms with Gasteiger partial charge in [-0.1, -0.05) is 6.07 Å². The lowest BCUT2D eigenvalue weighted by Gasteiger charge is -2.10. The molecule has 0 bridgehead atoms. The number of hydrogen-bond donors (Lipinski definition) is 1. The summed E-state index contributed by atoms with van der Waals surface area (Å²) >= 11 is 1.26. The first-order chi connectivity index (χ1) is 13.1. The maximum atomic E-state index is 14.4. The monoisotopic (exact) mass is 387 g/mol. The summed E-state index contributed by atoms with van der Waals surface area (Å²) in [5, 5.41) is 4.81. The lowest BCUT2D eigenvalue weighted by molar-refractivity contribution is -0.107. The number of nitrogens with one attached hydrogen (secondary N) is 1. The fraction of sp³-hybridized carbons (Fsp3) is 0.0526. The molecular formula is C19H12F3N3OS. The van der Waals surface area contributed by atoms with Crippen LogP contribution in [0.3, 0.4) is 0 Å². The van der Waals surface area contributed by atoms with Gasteiger partial charge in [0.2, 0.25) is 0 Å². The highest BCUT2D eigenvalue weighted by atomic mass is 32.1. The van der Waals surface area contributed by atoms with Gasteiger partial charge in [0.1, 0.15) is 35.2 Å². The van der Waals surface area contributed by atoms with Gasteiger partial charge in [-0.25, -0.2) is 18.2 Å². The zero-order valence-corrected chi connectivity index (χ0v) is 14.6. The predicted octanol–water partition coefficient (Wildman–Crippen LogP) is 4.97. The zero-order valence-electron chi connectivity index (χ0n) is 13.7. The van der Waals surface area contributed by atoms with Gasteiger partial charge in [0, 0.05) is 23.2 Å². The first kappa shape index (κ1) is 17.3. The number of fused-ring (bicyclic) bond motifs is 1. The Bertz CT molecular complexity index is 1120. The third kappa shape index (κ3) is 3.08. The number of nitrogens with zero attached hydrogens (tertiary/aromatic N) is 2. The number of carbonyl (C=O) groups excluding carboxylic acids is 1. The van der Waals surface area contributed by atoms with Crippen LogP contribution in [0.2, 0.25) is 0 Å². The van der Waals surface area contributed by atoms with Crippen LogP contribution >= 0.6 is 11.3 Å². The summed E-state index contributed by atoms with van der Waals surface area (Å²) in [6, 6.07) is 9.12. The zero-order chi connectivity index (χ0) is 19.0. The van der Waals surface area contributed by atoms with Gasteiger partial charge < -0.3 is 10.1 Å². The highest BCUT2D eigenvalue weighted by Gasteiger charge is 2.23. The Morgan fingerprint density at radius 3 is 2.44 bits per heavy atom. The molecule has 4 aromatic rings. The van der Waals surface area contributed by atoms with Crippen molar-refractivity contribution in [2.24, 2.45) is 0 Å². The molecule has 0 aliphatic carbocycles. The molecule has 2 heterocycles. The van der Waals surface area contributed by atoms with Crippen molar-refractivity contribution < 1.29 is 18.0 Å². The lowest BCUT2D eigenvalue weighted by atomic mass is 10.1. The Kier molecular flexibility index (Phi) is 4.41. The minimum absolute atomic E-state index is 0.0777. The molecule has 136 valence electrons. The van der Waals surface area contributed by atoms with Gasteiger partial charge in [0.05, 0.1) is 5.56 Å². The second-order valence-electron chi connectivity index (χ2n) is 5.75. The fourth-order valence-corrected chi connectivity index (χ4v) is 3.73. The lowest BCUT2D eigenvalue weighted by Crippen LogP contribution is -2.01. The van der Waals surface area contributed by atoms with E-state index >= 15 is 0 Å². The topological polar surface area (TPSA) is 46.4 Å². The normalized spacial score (nSPS) is 11.1. The maximum Gasteiger partial charge on any atom is 0.196 e. The highest BCUT2D eigenvalue weighted by Crippen LogP contribution is 2.36. The summed E-state index contributed by atoms with van der Waals surface area (Å²) < 4.78 is 43.6. The summed E-state index contributed by atoms with van der Waals surface area (Å²) in [7, 11) is 0. The van der Waals surface area contributed by atoms with Gasteiger partial charge in [-0.15, -0.1) is 11.3 Å². The van der Waals surface area contributed by atoms with Crippen molar-refractivity contribution >= 4 is 34.1 Å². The molecule has 4 rings (SSSR count). The first-order valence-corrected chi connectivity index (χ1v) is 8.86. The van der Waals surface area contributed by atoms with E-state index in [0.29, 0.717) is 22.2 Å². The van der Waals surface area contributed by atoms with Crippen LogP contribution in [0.5, 0.6) is 0 Å². The number of carbonyl (C=O) groups is 1. The Balaban J connectivity index is 1.95. The first-order valence-electron chi connectivity index (χ1n) is 7.98. The summed E-state index contributed by atoms with van der Waals surface area (Å²) in [5.74, 6) is -1.60. The Morgan fingerprint density at radius 2 is 1.78 bits per heavy atom. The van der Waals surface area contributed by atoms with Gasteiger partial charge in [0.25, 0.3) is 0 Å². The van der Waals surface area contributed by atoms with Crippen molar-refractivity contribution in [1.29, 1.82) is 0 Å². The third-order valence-electron chi connectivity index (χ3n) is 4.03. The molecule has 0 amide bonds. The van der Waals surface area contributed by atoms with Crippen molar-refractivity contribution in [3.8, 4) is 11.3 Å². The van der Waals surface area contributed by atoms with Crippen LogP contribution in [0, 0.1) is 17.5 Å². The van der Waals surface area contributed by atoms with Crippen molar-refractivity contribution in [2.45, 2.75) is 6.42 Å². The summed E-state index contributed by atoms with van der Waals surface area (Å²) in [5.41, 5.74) is 0.952. The van der Waals surface area contributed by atoms with E-state index in [-0.39, 0.29) is 17.7 Å². The Labute approximate surface area is 155 Å². The van der Waals surface area contributed by atoms with E-state index in [4.69, 9.17) is 0 Å². The molecule has 0 saturated heterocycles. The average molecular weight is 387 g/mol. The quantitative estimate of drug-likeness (QED) is 0.492. The predicted molar refractivity (Wildman–Crippen MR) is 97.9 cm³/mol. The molecular weight excluding hydrogens is 375 g/mol.